The predicted molar refractivity (Wildman–Crippen MR) is 139 cm³/mol. The van der Waals surface area contributed by atoms with Crippen LogP contribution in [0.2, 0.25) is 0 Å². The molecule has 1 heterocycles. The summed E-state index contributed by atoms with van der Waals surface area (Å²) >= 11 is 6.18. The van der Waals surface area contributed by atoms with Crippen molar-refractivity contribution in [2.24, 2.45) is 0 Å². The van der Waals surface area contributed by atoms with E-state index in [0.29, 0.717) is 22.5 Å². The number of carbonyl (C=O) groups is 5. The number of imide groups is 1. The molecule has 0 aromatic heterocycles. The van der Waals surface area contributed by atoms with E-state index in [2.05, 4.69) is 20.1 Å². The van der Waals surface area contributed by atoms with E-state index in [1.165, 1.54) is 62.8 Å². The third-order valence-electron chi connectivity index (χ3n) is 5.53. The maximum atomic E-state index is 13.0. The molecule has 0 saturated heterocycles. The van der Waals surface area contributed by atoms with E-state index < -0.39 is 29.7 Å². The van der Waals surface area contributed by atoms with Gasteiger partial charge in [0.05, 0.1) is 31.0 Å². The molecule has 0 bridgehead atoms. The highest BCUT2D eigenvalue weighted by atomic mass is 35.5. The van der Waals surface area contributed by atoms with Gasteiger partial charge in [0.1, 0.15) is 10.7 Å². The van der Waals surface area contributed by atoms with Crippen LogP contribution in [0.5, 0.6) is 0 Å². The van der Waals surface area contributed by atoms with Crippen molar-refractivity contribution in [1.29, 1.82) is 0 Å². The van der Waals surface area contributed by atoms with Crippen molar-refractivity contribution >= 4 is 58.3 Å². The van der Waals surface area contributed by atoms with Crippen LogP contribution in [0.25, 0.3) is 0 Å². The molecule has 0 radical (unpaired) electrons. The molecule has 3 aromatic carbocycles. The highest BCUT2D eigenvalue weighted by Gasteiger charge is 2.39. The van der Waals surface area contributed by atoms with Gasteiger partial charge in [0.2, 0.25) is 0 Å². The van der Waals surface area contributed by atoms with E-state index in [1.807, 2.05) is 0 Å². The number of hydrogen-bond donors (Lipinski definition) is 2. The van der Waals surface area contributed by atoms with Crippen LogP contribution in [-0.2, 0) is 19.1 Å². The zero-order valence-electron chi connectivity index (χ0n) is 20.1. The van der Waals surface area contributed by atoms with Gasteiger partial charge in [-0.2, -0.15) is 0 Å². The minimum atomic E-state index is -0.754. The van der Waals surface area contributed by atoms with Crippen molar-refractivity contribution in [3.63, 3.8) is 0 Å². The molecule has 192 valence electrons. The lowest BCUT2D eigenvalue weighted by Crippen LogP contribution is -2.32. The van der Waals surface area contributed by atoms with E-state index in [-0.39, 0.29) is 22.0 Å². The number of benzene rings is 3. The molecule has 38 heavy (non-hydrogen) atoms. The smallest absolute Gasteiger partial charge is 0.337 e. The Morgan fingerprint density at radius 3 is 1.95 bits per heavy atom. The summed E-state index contributed by atoms with van der Waals surface area (Å²) in [4.78, 5) is 62.6. The van der Waals surface area contributed by atoms with Crippen LogP contribution in [0.1, 0.15) is 31.1 Å². The van der Waals surface area contributed by atoms with Gasteiger partial charge in [-0.15, -0.1) is 0 Å². The summed E-state index contributed by atoms with van der Waals surface area (Å²) in [5.74, 6) is -2.97. The standard InChI is InChI=1S/C27H20ClN3O7/c1-37-26(35)16-8-12-19(13-9-16)30-23(32)15-6-10-18(11-7-15)29-22-21(28)24(33)31(25(22)34)20-5-3-4-17(14-20)27(36)38-2/h3-14,29H,1-2H3,(H,30,32). The normalized spacial score (nSPS) is 12.9. The fourth-order valence-corrected chi connectivity index (χ4v) is 3.81. The van der Waals surface area contributed by atoms with Crippen molar-refractivity contribution in [2.75, 3.05) is 29.8 Å². The molecule has 0 unspecified atom stereocenters. The minimum absolute atomic E-state index is 0.150. The van der Waals surface area contributed by atoms with Gasteiger partial charge in [0.25, 0.3) is 17.7 Å². The van der Waals surface area contributed by atoms with Crippen LogP contribution in [0.4, 0.5) is 17.1 Å². The first-order chi connectivity index (χ1) is 18.2. The number of hydrogen-bond acceptors (Lipinski definition) is 8. The van der Waals surface area contributed by atoms with E-state index in [4.69, 9.17) is 11.6 Å². The molecule has 0 saturated carbocycles. The maximum absolute atomic E-state index is 13.0. The zero-order chi connectivity index (χ0) is 27.4. The van der Waals surface area contributed by atoms with Gasteiger partial charge in [0.15, 0.2) is 0 Å². The number of anilines is 3. The number of methoxy groups -OCH3 is 2. The summed E-state index contributed by atoms with van der Waals surface area (Å²) in [6.45, 7) is 0. The van der Waals surface area contributed by atoms with Gasteiger partial charge in [-0.1, -0.05) is 17.7 Å². The van der Waals surface area contributed by atoms with Gasteiger partial charge >= 0.3 is 11.9 Å². The quantitative estimate of drug-likeness (QED) is 0.345. The number of amides is 3. The summed E-state index contributed by atoms with van der Waals surface area (Å²) in [5.41, 5.74) is 1.73. The molecule has 0 fully saturated rings. The van der Waals surface area contributed by atoms with Crippen LogP contribution in [-0.4, -0.2) is 43.9 Å². The SMILES string of the molecule is COC(=O)c1ccc(NC(=O)c2ccc(NC3=C(Cl)C(=O)N(c4cccc(C(=O)OC)c4)C3=O)cc2)cc1. The van der Waals surface area contributed by atoms with Crippen LogP contribution in [0.3, 0.4) is 0 Å². The molecule has 1 aliphatic heterocycles. The van der Waals surface area contributed by atoms with E-state index in [1.54, 1.807) is 24.3 Å². The lowest BCUT2D eigenvalue weighted by Gasteiger charge is -2.16. The second-order valence-corrected chi connectivity index (χ2v) is 8.28. The highest BCUT2D eigenvalue weighted by molar-refractivity contribution is 6.53. The molecular formula is C27H20ClN3O7. The van der Waals surface area contributed by atoms with Crippen molar-refractivity contribution < 1.29 is 33.4 Å². The van der Waals surface area contributed by atoms with Crippen molar-refractivity contribution in [3.8, 4) is 0 Å². The minimum Gasteiger partial charge on any atom is -0.465 e. The molecule has 11 heteroatoms. The molecule has 10 nitrogen and oxygen atoms in total. The fourth-order valence-electron chi connectivity index (χ4n) is 3.60. The lowest BCUT2D eigenvalue weighted by atomic mass is 10.1. The molecule has 3 aromatic rings. The Kier molecular flexibility index (Phi) is 7.54. The molecule has 3 amide bonds. The molecular weight excluding hydrogens is 514 g/mol. The summed E-state index contributed by atoms with van der Waals surface area (Å²) < 4.78 is 9.33. The van der Waals surface area contributed by atoms with Crippen LogP contribution >= 0.6 is 11.6 Å². The molecule has 1 aliphatic rings. The Balaban J connectivity index is 1.45. The van der Waals surface area contributed by atoms with Gasteiger partial charge in [-0.05, 0) is 66.7 Å². The number of halogens is 1. The number of rotatable bonds is 7. The predicted octanol–water partition coefficient (Wildman–Crippen LogP) is 3.95. The van der Waals surface area contributed by atoms with Crippen LogP contribution in [0.15, 0.2) is 83.5 Å². The van der Waals surface area contributed by atoms with Gasteiger partial charge in [-0.25, -0.2) is 14.5 Å². The van der Waals surface area contributed by atoms with Gasteiger partial charge < -0.3 is 20.1 Å². The number of esters is 2. The van der Waals surface area contributed by atoms with Gasteiger partial charge in [-0.3, -0.25) is 14.4 Å². The third kappa shape index (κ3) is 5.25. The van der Waals surface area contributed by atoms with E-state index in [0.717, 1.165) is 4.90 Å². The Bertz CT molecular complexity index is 1480. The zero-order valence-corrected chi connectivity index (χ0v) is 20.9. The van der Waals surface area contributed by atoms with Crippen molar-refractivity contribution in [3.05, 3.63) is 100 Å². The largest absolute Gasteiger partial charge is 0.465 e. The Morgan fingerprint density at radius 1 is 0.737 bits per heavy atom. The first-order valence-corrected chi connectivity index (χ1v) is 11.4. The molecule has 2 N–H and O–H groups in total. The van der Waals surface area contributed by atoms with Crippen molar-refractivity contribution in [1.82, 2.24) is 0 Å². The lowest BCUT2D eigenvalue weighted by molar-refractivity contribution is -0.120. The molecule has 0 aliphatic carbocycles. The molecule has 0 atom stereocenters. The Morgan fingerprint density at radius 2 is 1.32 bits per heavy atom. The van der Waals surface area contributed by atoms with E-state index >= 15 is 0 Å². The summed E-state index contributed by atoms with van der Waals surface area (Å²) in [6.07, 6.45) is 0. The average Bonchev–Trinajstić information content (AvgIpc) is 3.15. The molecule has 0 spiro atoms. The Labute approximate surface area is 221 Å². The maximum Gasteiger partial charge on any atom is 0.337 e. The summed E-state index contributed by atoms with van der Waals surface area (Å²) in [6, 6.07) is 18.2. The number of nitrogens with zero attached hydrogens (tertiary/aromatic N) is 1. The summed E-state index contributed by atoms with van der Waals surface area (Å²) in [7, 11) is 2.50. The topological polar surface area (TPSA) is 131 Å². The highest BCUT2D eigenvalue weighted by Crippen LogP contribution is 2.30. The monoisotopic (exact) mass is 533 g/mol. The fraction of sp³-hybridized carbons (Fsp3) is 0.0741. The number of carbonyl (C=O) groups excluding carboxylic acids is 5. The molecule has 4 rings (SSSR count). The first kappa shape index (κ1) is 26.1. The van der Waals surface area contributed by atoms with Crippen LogP contribution < -0.4 is 15.5 Å². The van der Waals surface area contributed by atoms with Crippen LogP contribution in [0, 0.1) is 0 Å². The van der Waals surface area contributed by atoms with Crippen molar-refractivity contribution in [2.45, 2.75) is 0 Å². The first-order valence-electron chi connectivity index (χ1n) is 11.1. The number of ether oxygens (including phenoxy) is 2. The van der Waals surface area contributed by atoms with E-state index in [9.17, 15) is 24.0 Å². The second-order valence-electron chi connectivity index (χ2n) is 7.90. The second kappa shape index (κ2) is 11.0. The van der Waals surface area contributed by atoms with Gasteiger partial charge in [0, 0.05) is 16.9 Å². The Hall–Kier alpha value is -4.96. The number of nitrogens with one attached hydrogen (secondary N) is 2. The average molecular weight is 534 g/mol. The summed E-state index contributed by atoms with van der Waals surface area (Å²) in [5, 5.41) is 5.22. The third-order valence-corrected chi connectivity index (χ3v) is 5.88.